The molecule has 0 spiro atoms. The number of likely N-dealkylation sites (tertiary alicyclic amines) is 1. The van der Waals surface area contributed by atoms with Crippen LogP contribution in [0.4, 0.5) is 10.9 Å². The molecule has 0 saturated carbocycles. The van der Waals surface area contributed by atoms with Gasteiger partial charge in [0.1, 0.15) is 5.76 Å². The number of nitrogens with one attached hydrogen (secondary N) is 2. The SMILES string of the molecule is CC(=O)Nc1nc([C@@H]2CCCN2CC(=O)Nc2cc(C)on2)cs1. The smallest absolute Gasteiger partial charge is 0.239 e. The summed E-state index contributed by atoms with van der Waals surface area (Å²) in [5.41, 5.74) is 0.895. The highest BCUT2D eigenvalue weighted by Crippen LogP contribution is 2.33. The molecule has 128 valence electrons. The summed E-state index contributed by atoms with van der Waals surface area (Å²) < 4.78 is 4.94. The second kappa shape index (κ2) is 7.10. The molecule has 3 rings (SSSR count). The summed E-state index contributed by atoms with van der Waals surface area (Å²) >= 11 is 1.40. The molecule has 0 bridgehead atoms. The van der Waals surface area contributed by atoms with Gasteiger partial charge in [-0.1, -0.05) is 5.16 Å². The molecule has 0 aliphatic carbocycles. The zero-order chi connectivity index (χ0) is 17.1. The van der Waals surface area contributed by atoms with Crippen LogP contribution in [0.15, 0.2) is 16.0 Å². The molecular weight excluding hydrogens is 330 g/mol. The Labute approximate surface area is 143 Å². The van der Waals surface area contributed by atoms with E-state index in [1.807, 2.05) is 5.38 Å². The molecule has 8 nitrogen and oxygen atoms in total. The Morgan fingerprint density at radius 2 is 2.29 bits per heavy atom. The lowest BCUT2D eigenvalue weighted by atomic mass is 10.2. The highest BCUT2D eigenvalue weighted by atomic mass is 32.1. The minimum Gasteiger partial charge on any atom is -0.360 e. The molecule has 0 aromatic carbocycles. The normalized spacial score (nSPS) is 17.8. The number of anilines is 2. The van der Waals surface area contributed by atoms with Gasteiger partial charge in [0, 0.05) is 18.4 Å². The summed E-state index contributed by atoms with van der Waals surface area (Å²) in [7, 11) is 0. The lowest BCUT2D eigenvalue weighted by Crippen LogP contribution is -2.33. The predicted octanol–water partition coefficient (Wildman–Crippen LogP) is 2.17. The topological polar surface area (TPSA) is 100 Å². The molecule has 2 amide bonds. The molecule has 1 atom stereocenters. The molecular formula is C15H19N5O3S. The first-order valence-corrected chi connectivity index (χ1v) is 8.59. The second-order valence-corrected chi connectivity index (χ2v) is 6.62. The number of nitrogens with zero attached hydrogens (tertiary/aromatic N) is 3. The van der Waals surface area contributed by atoms with Gasteiger partial charge in [-0.3, -0.25) is 14.5 Å². The summed E-state index contributed by atoms with van der Waals surface area (Å²) in [6.45, 7) is 4.33. The molecule has 3 heterocycles. The third-order valence-corrected chi connectivity index (χ3v) is 4.53. The van der Waals surface area contributed by atoms with E-state index in [2.05, 4.69) is 25.7 Å². The van der Waals surface area contributed by atoms with Gasteiger partial charge in [-0.2, -0.15) is 0 Å². The zero-order valence-corrected chi connectivity index (χ0v) is 14.4. The van der Waals surface area contributed by atoms with Crippen molar-refractivity contribution in [1.82, 2.24) is 15.0 Å². The number of thiazole rings is 1. The minimum atomic E-state index is -0.138. The lowest BCUT2D eigenvalue weighted by Gasteiger charge is -2.22. The van der Waals surface area contributed by atoms with Crippen molar-refractivity contribution in [3.63, 3.8) is 0 Å². The van der Waals surface area contributed by atoms with Gasteiger partial charge >= 0.3 is 0 Å². The van der Waals surface area contributed by atoms with Crippen molar-refractivity contribution in [2.75, 3.05) is 23.7 Å². The van der Waals surface area contributed by atoms with E-state index in [4.69, 9.17) is 4.52 Å². The Morgan fingerprint density at radius 3 is 3.00 bits per heavy atom. The number of aromatic nitrogens is 2. The Morgan fingerprint density at radius 1 is 1.46 bits per heavy atom. The first-order chi connectivity index (χ1) is 11.5. The summed E-state index contributed by atoms with van der Waals surface area (Å²) in [6, 6.07) is 1.77. The molecule has 9 heteroatoms. The van der Waals surface area contributed by atoms with Crippen molar-refractivity contribution < 1.29 is 14.1 Å². The maximum atomic E-state index is 12.2. The number of hydrogen-bond acceptors (Lipinski definition) is 7. The van der Waals surface area contributed by atoms with E-state index in [0.717, 1.165) is 25.1 Å². The predicted molar refractivity (Wildman–Crippen MR) is 89.8 cm³/mol. The standard InChI is InChI=1S/C15H19N5O3S/c1-9-6-13(19-23-9)18-14(22)7-20-5-3-4-12(20)11-8-24-15(17-11)16-10(2)21/h6,8,12H,3-5,7H2,1-2H3,(H,16,17,21)(H,18,19,22)/t12-/m0/s1. The van der Waals surface area contributed by atoms with E-state index in [9.17, 15) is 9.59 Å². The Bertz CT molecular complexity index is 741. The van der Waals surface area contributed by atoms with E-state index in [1.54, 1.807) is 13.0 Å². The highest BCUT2D eigenvalue weighted by Gasteiger charge is 2.29. The molecule has 1 saturated heterocycles. The molecule has 1 aliphatic rings. The molecule has 2 aromatic rings. The molecule has 0 radical (unpaired) electrons. The Hall–Kier alpha value is -2.26. The van der Waals surface area contributed by atoms with Crippen molar-refractivity contribution in [2.45, 2.75) is 32.7 Å². The van der Waals surface area contributed by atoms with Gasteiger partial charge in [0.2, 0.25) is 11.8 Å². The van der Waals surface area contributed by atoms with Crippen LogP contribution in [-0.4, -0.2) is 39.9 Å². The maximum absolute atomic E-state index is 12.2. The fourth-order valence-electron chi connectivity index (χ4n) is 2.79. The fourth-order valence-corrected chi connectivity index (χ4v) is 3.59. The van der Waals surface area contributed by atoms with E-state index in [-0.39, 0.29) is 24.4 Å². The first-order valence-electron chi connectivity index (χ1n) is 7.71. The molecule has 0 unspecified atom stereocenters. The first kappa shape index (κ1) is 16.6. The van der Waals surface area contributed by atoms with Gasteiger partial charge in [-0.05, 0) is 26.3 Å². The largest absolute Gasteiger partial charge is 0.360 e. The lowest BCUT2D eigenvalue weighted by molar-refractivity contribution is -0.117. The van der Waals surface area contributed by atoms with Crippen LogP contribution in [0.3, 0.4) is 0 Å². The van der Waals surface area contributed by atoms with Crippen LogP contribution in [-0.2, 0) is 9.59 Å². The number of hydrogen-bond donors (Lipinski definition) is 2. The van der Waals surface area contributed by atoms with E-state index in [0.29, 0.717) is 16.7 Å². The van der Waals surface area contributed by atoms with Crippen LogP contribution >= 0.6 is 11.3 Å². The second-order valence-electron chi connectivity index (χ2n) is 5.76. The van der Waals surface area contributed by atoms with Crippen molar-refractivity contribution in [1.29, 1.82) is 0 Å². The quantitative estimate of drug-likeness (QED) is 0.858. The summed E-state index contributed by atoms with van der Waals surface area (Å²) in [4.78, 5) is 29.9. The monoisotopic (exact) mass is 349 g/mol. The number of rotatable bonds is 5. The molecule has 2 N–H and O–H groups in total. The Kier molecular flexibility index (Phi) is 4.91. The van der Waals surface area contributed by atoms with Crippen molar-refractivity contribution in [3.05, 3.63) is 22.9 Å². The highest BCUT2D eigenvalue weighted by molar-refractivity contribution is 7.13. The molecule has 2 aromatic heterocycles. The molecule has 1 fully saturated rings. The van der Waals surface area contributed by atoms with Gasteiger partial charge in [0.15, 0.2) is 10.9 Å². The molecule has 24 heavy (non-hydrogen) atoms. The van der Waals surface area contributed by atoms with Gasteiger partial charge in [0.25, 0.3) is 0 Å². The van der Waals surface area contributed by atoms with E-state index in [1.165, 1.54) is 18.3 Å². The fraction of sp³-hybridized carbons (Fsp3) is 0.467. The summed E-state index contributed by atoms with van der Waals surface area (Å²) in [6.07, 6.45) is 1.95. The van der Waals surface area contributed by atoms with Crippen LogP contribution in [0, 0.1) is 6.92 Å². The van der Waals surface area contributed by atoms with Gasteiger partial charge < -0.3 is 15.2 Å². The molecule has 1 aliphatic heterocycles. The van der Waals surface area contributed by atoms with Crippen molar-refractivity contribution in [3.8, 4) is 0 Å². The van der Waals surface area contributed by atoms with Gasteiger partial charge in [-0.25, -0.2) is 4.98 Å². The number of carbonyl (C=O) groups is 2. The van der Waals surface area contributed by atoms with Crippen LogP contribution < -0.4 is 10.6 Å². The third kappa shape index (κ3) is 3.98. The number of aryl methyl sites for hydroxylation is 1. The van der Waals surface area contributed by atoms with Crippen molar-refractivity contribution in [2.24, 2.45) is 0 Å². The van der Waals surface area contributed by atoms with Gasteiger partial charge in [0.05, 0.1) is 18.3 Å². The van der Waals surface area contributed by atoms with Crippen LogP contribution in [0.1, 0.15) is 37.3 Å². The van der Waals surface area contributed by atoms with E-state index >= 15 is 0 Å². The number of carbonyl (C=O) groups excluding carboxylic acids is 2. The summed E-state index contributed by atoms with van der Waals surface area (Å²) in [5, 5.41) is 11.7. The summed E-state index contributed by atoms with van der Waals surface area (Å²) in [5.74, 6) is 0.807. The van der Waals surface area contributed by atoms with Crippen LogP contribution in [0.2, 0.25) is 0 Å². The average molecular weight is 349 g/mol. The van der Waals surface area contributed by atoms with Crippen LogP contribution in [0.5, 0.6) is 0 Å². The average Bonchev–Trinajstić information content (AvgIpc) is 3.20. The minimum absolute atomic E-state index is 0.0913. The Balaban J connectivity index is 1.61. The zero-order valence-electron chi connectivity index (χ0n) is 13.5. The van der Waals surface area contributed by atoms with Crippen LogP contribution in [0.25, 0.3) is 0 Å². The van der Waals surface area contributed by atoms with E-state index < -0.39 is 0 Å². The number of amides is 2. The third-order valence-electron chi connectivity index (χ3n) is 3.75. The maximum Gasteiger partial charge on any atom is 0.239 e. The van der Waals surface area contributed by atoms with Gasteiger partial charge in [-0.15, -0.1) is 11.3 Å². The van der Waals surface area contributed by atoms with Crippen molar-refractivity contribution >= 4 is 34.1 Å².